The molecule has 0 atom stereocenters. The zero-order valence-corrected chi connectivity index (χ0v) is 11.5. The molecule has 1 aliphatic heterocycles. The van der Waals surface area contributed by atoms with Crippen LogP contribution in [0.5, 0.6) is 0 Å². The molecule has 0 spiro atoms. The number of carbonyl (C=O) groups excluding carboxylic acids is 1. The third kappa shape index (κ3) is 6.54. The average Bonchev–Trinajstić information content (AvgIpc) is 2.23. The molecule has 1 fully saturated rings. The van der Waals surface area contributed by atoms with Gasteiger partial charge in [0.15, 0.2) is 0 Å². The van der Waals surface area contributed by atoms with Crippen LogP contribution in [0.2, 0.25) is 0 Å². The SMILES string of the molecule is CC(C)(C)OC(=O)N1CCC(/C=C/[B-](F)(F)F)CC1. The molecule has 0 aromatic carbocycles. The van der Waals surface area contributed by atoms with E-state index in [9.17, 15) is 17.7 Å². The summed E-state index contributed by atoms with van der Waals surface area (Å²) < 4.78 is 41.5. The molecule has 1 aliphatic rings. The molecule has 0 unspecified atom stereocenters. The molecule has 0 bridgehead atoms. The van der Waals surface area contributed by atoms with E-state index in [1.54, 1.807) is 25.7 Å². The summed E-state index contributed by atoms with van der Waals surface area (Å²) in [6.07, 6.45) is 1.91. The van der Waals surface area contributed by atoms with Crippen LogP contribution in [0.25, 0.3) is 0 Å². The molecule has 1 amide bonds. The number of piperidine rings is 1. The molecule has 0 saturated carbocycles. The highest BCUT2D eigenvalue weighted by molar-refractivity contribution is 6.64. The van der Waals surface area contributed by atoms with Gasteiger partial charge in [0.25, 0.3) is 0 Å². The van der Waals surface area contributed by atoms with Gasteiger partial charge in [0.05, 0.1) is 0 Å². The van der Waals surface area contributed by atoms with E-state index in [1.807, 2.05) is 0 Å². The summed E-state index contributed by atoms with van der Waals surface area (Å²) in [4.78, 5) is 13.3. The van der Waals surface area contributed by atoms with Gasteiger partial charge in [-0.2, -0.15) is 0 Å². The molecular weight excluding hydrogens is 258 g/mol. The molecule has 7 heteroatoms. The summed E-state index contributed by atoms with van der Waals surface area (Å²) in [5.41, 5.74) is -0.549. The third-order valence-electron chi connectivity index (χ3n) is 2.79. The first-order valence-corrected chi connectivity index (χ1v) is 6.44. The first kappa shape index (κ1) is 15.9. The van der Waals surface area contributed by atoms with Crippen LogP contribution < -0.4 is 0 Å². The van der Waals surface area contributed by atoms with E-state index in [4.69, 9.17) is 4.74 Å². The highest BCUT2D eigenvalue weighted by atomic mass is 19.4. The van der Waals surface area contributed by atoms with Crippen molar-refractivity contribution >= 4 is 13.1 Å². The van der Waals surface area contributed by atoms with Crippen molar-refractivity contribution in [2.24, 2.45) is 5.92 Å². The summed E-state index contributed by atoms with van der Waals surface area (Å²) in [5.74, 6) is 0.232. The maximum atomic E-state index is 12.1. The fourth-order valence-electron chi connectivity index (χ4n) is 1.88. The minimum Gasteiger partial charge on any atom is -0.445 e. The van der Waals surface area contributed by atoms with E-state index in [0.717, 1.165) is 0 Å². The van der Waals surface area contributed by atoms with E-state index in [1.165, 1.54) is 6.08 Å². The van der Waals surface area contributed by atoms with Crippen LogP contribution in [0, 0.1) is 5.92 Å². The number of nitrogens with zero attached hydrogens (tertiary/aromatic N) is 1. The summed E-state index contributed by atoms with van der Waals surface area (Å²) in [6.45, 7) is 1.37. The number of amides is 1. The smallest absolute Gasteiger partial charge is 0.445 e. The number of ether oxygens (including phenoxy) is 1. The summed E-state index contributed by atoms with van der Waals surface area (Å²) in [5, 5.41) is 0. The zero-order chi connectivity index (χ0) is 14.7. The van der Waals surface area contributed by atoms with E-state index in [0.29, 0.717) is 31.9 Å². The lowest BCUT2D eigenvalue weighted by atomic mass is 9.87. The Kier molecular flexibility index (Phi) is 4.93. The van der Waals surface area contributed by atoms with Gasteiger partial charge >= 0.3 is 13.1 Å². The van der Waals surface area contributed by atoms with Gasteiger partial charge in [0, 0.05) is 13.1 Å². The number of rotatable bonds is 2. The quantitative estimate of drug-likeness (QED) is 0.722. The van der Waals surface area contributed by atoms with Crippen molar-refractivity contribution < 1.29 is 22.5 Å². The van der Waals surface area contributed by atoms with Crippen LogP contribution in [-0.4, -0.2) is 36.7 Å². The Morgan fingerprint density at radius 2 is 1.79 bits per heavy atom. The van der Waals surface area contributed by atoms with Crippen molar-refractivity contribution in [1.82, 2.24) is 4.90 Å². The van der Waals surface area contributed by atoms with Gasteiger partial charge in [0.2, 0.25) is 0 Å². The van der Waals surface area contributed by atoms with Crippen molar-refractivity contribution in [3.8, 4) is 0 Å². The Hall–Kier alpha value is -1.14. The molecule has 0 N–H and O–H groups in total. The molecule has 0 radical (unpaired) electrons. The van der Waals surface area contributed by atoms with Crippen molar-refractivity contribution in [1.29, 1.82) is 0 Å². The molecule has 1 heterocycles. The topological polar surface area (TPSA) is 29.5 Å². The zero-order valence-electron chi connectivity index (χ0n) is 11.5. The lowest BCUT2D eigenvalue weighted by Gasteiger charge is -2.32. The minimum atomic E-state index is -4.86. The standard InChI is InChI=1S/C12H20BF3NO2/c1-12(2,3)19-11(18)17-8-5-10(6-9-17)4-7-13(14,15)16/h4,7,10H,5-6,8-9H2,1-3H3/q-1/b7-4+. The summed E-state index contributed by atoms with van der Waals surface area (Å²) >= 11 is 0. The van der Waals surface area contributed by atoms with Crippen LogP contribution in [0.4, 0.5) is 17.7 Å². The van der Waals surface area contributed by atoms with E-state index in [-0.39, 0.29) is 5.92 Å². The van der Waals surface area contributed by atoms with Crippen molar-refractivity contribution in [2.75, 3.05) is 13.1 Å². The van der Waals surface area contributed by atoms with Gasteiger partial charge in [-0.1, -0.05) is 0 Å². The highest BCUT2D eigenvalue weighted by Gasteiger charge is 2.26. The predicted molar refractivity (Wildman–Crippen MR) is 68.7 cm³/mol. The third-order valence-corrected chi connectivity index (χ3v) is 2.79. The number of carbonyl (C=O) groups is 1. The van der Waals surface area contributed by atoms with Crippen LogP contribution >= 0.6 is 0 Å². The normalized spacial score (nSPS) is 18.9. The van der Waals surface area contributed by atoms with Crippen LogP contribution in [-0.2, 0) is 4.74 Å². The summed E-state index contributed by atoms with van der Waals surface area (Å²) in [7, 11) is 0. The second-order valence-electron chi connectivity index (χ2n) is 5.82. The van der Waals surface area contributed by atoms with Gasteiger partial charge < -0.3 is 22.6 Å². The number of halogens is 3. The maximum absolute atomic E-state index is 12.1. The van der Waals surface area contributed by atoms with Crippen LogP contribution in [0.15, 0.2) is 12.1 Å². The number of hydrogen-bond acceptors (Lipinski definition) is 2. The molecule has 1 rings (SSSR count). The van der Waals surface area contributed by atoms with E-state index in [2.05, 4.69) is 0 Å². The second kappa shape index (κ2) is 5.88. The van der Waals surface area contributed by atoms with Crippen LogP contribution in [0.3, 0.4) is 0 Å². The predicted octanol–water partition coefficient (Wildman–Crippen LogP) is 3.58. The van der Waals surface area contributed by atoms with Gasteiger partial charge in [0.1, 0.15) is 5.60 Å². The average molecular weight is 278 g/mol. The molecule has 0 aliphatic carbocycles. The number of allylic oxidation sites excluding steroid dienone is 1. The Labute approximate surface area is 111 Å². The largest absolute Gasteiger partial charge is 0.502 e. The number of likely N-dealkylation sites (tertiary alicyclic amines) is 1. The van der Waals surface area contributed by atoms with Gasteiger partial charge in [-0.25, -0.2) is 4.79 Å². The van der Waals surface area contributed by atoms with Gasteiger partial charge in [-0.15, -0.1) is 12.1 Å². The fourth-order valence-corrected chi connectivity index (χ4v) is 1.88. The molecular formula is C12H20BF3NO2-. The Morgan fingerprint density at radius 1 is 1.26 bits per heavy atom. The van der Waals surface area contributed by atoms with Gasteiger partial charge in [-0.3, -0.25) is 0 Å². The molecule has 1 saturated heterocycles. The Bertz CT molecular complexity index is 342. The Morgan fingerprint density at radius 3 is 2.21 bits per heavy atom. The maximum Gasteiger partial charge on any atom is 0.502 e. The van der Waals surface area contributed by atoms with Crippen LogP contribution in [0.1, 0.15) is 33.6 Å². The monoisotopic (exact) mass is 278 g/mol. The molecule has 19 heavy (non-hydrogen) atoms. The van der Waals surface area contributed by atoms with Crippen molar-refractivity contribution in [3.05, 3.63) is 12.1 Å². The molecule has 3 nitrogen and oxygen atoms in total. The number of hydrogen-bond donors (Lipinski definition) is 0. The summed E-state index contributed by atoms with van der Waals surface area (Å²) in [6, 6.07) is 0. The Balaban J connectivity index is 2.41. The minimum absolute atomic E-state index is 0.109. The lowest BCUT2D eigenvalue weighted by Crippen LogP contribution is -2.41. The first-order valence-electron chi connectivity index (χ1n) is 6.44. The lowest BCUT2D eigenvalue weighted by molar-refractivity contribution is 0.0197. The molecule has 0 aromatic rings. The van der Waals surface area contributed by atoms with E-state index < -0.39 is 18.7 Å². The fraction of sp³-hybridized carbons (Fsp3) is 0.750. The molecule has 0 aromatic heterocycles. The first-order chi connectivity index (χ1) is 8.57. The van der Waals surface area contributed by atoms with Gasteiger partial charge in [-0.05, 0) is 39.5 Å². The molecule has 110 valence electrons. The highest BCUT2D eigenvalue weighted by Crippen LogP contribution is 2.22. The van der Waals surface area contributed by atoms with E-state index >= 15 is 0 Å². The van der Waals surface area contributed by atoms with Crippen molar-refractivity contribution in [2.45, 2.75) is 39.2 Å². The van der Waals surface area contributed by atoms with Crippen molar-refractivity contribution in [3.63, 3.8) is 0 Å². The second-order valence-corrected chi connectivity index (χ2v) is 5.82.